The Labute approximate surface area is 160 Å². The molecule has 1 saturated carbocycles. The van der Waals surface area contributed by atoms with E-state index in [0.717, 1.165) is 27.2 Å². The van der Waals surface area contributed by atoms with Crippen LogP contribution in [-0.2, 0) is 0 Å². The Bertz CT molecular complexity index is 1170. The minimum absolute atomic E-state index is 0.107. The molecule has 3 aromatic heterocycles. The first-order chi connectivity index (χ1) is 13.1. The van der Waals surface area contributed by atoms with Crippen molar-refractivity contribution in [3.63, 3.8) is 0 Å². The third-order valence-electron chi connectivity index (χ3n) is 5.21. The summed E-state index contributed by atoms with van der Waals surface area (Å²) in [5.74, 6) is 0.495. The number of amides is 1. The molecular formula is C20H19N5OS. The van der Waals surface area contributed by atoms with Crippen molar-refractivity contribution in [1.82, 2.24) is 24.9 Å². The van der Waals surface area contributed by atoms with Gasteiger partial charge in [0.2, 0.25) is 0 Å². The van der Waals surface area contributed by atoms with Gasteiger partial charge in [-0.1, -0.05) is 12.1 Å². The van der Waals surface area contributed by atoms with Gasteiger partial charge in [-0.2, -0.15) is 5.10 Å². The zero-order valence-corrected chi connectivity index (χ0v) is 16.0. The van der Waals surface area contributed by atoms with Gasteiger partial charge in [0.05, 0.1) is 27.6 Å². The maximum atomic E-state index is 12.8. The van der Waals surface area contributed by atoms with Crippen LogP contribution in [0.5, 0.6) is 0 Å². The fraction of sp³-hybridized carbons (Fsp3) is 0.300. The lowest BCUT2D eigenvalue weighted by Crippen LogP contribution is -2.34. The van der Waals surface area contributed by atoms with Crippen LogP contribution in [0.4, 0.5) is 0 Å². The van der Waals surface area contributed by atoms with E-state index in [2.05, 4.69) is 22.3 Å². The number of nitrogens with zero attached hydrogens (tertiary/aromatic N) is 4. The zero-order chi connectivity index (χ0) is 18.5. The summed E-state index contributed by atoms with van der Waals surface area (Å²) >= 11 is 1.60. The molecule has 7 heteroatoms. The van der Waals surface area contributed by atoms with Gasteiger partial charge >= 0.3 is 0 Å². The van der Waals surface area contributed by atoms with Gasteiger partial charge in [0.1, 0.15) is 5.56 Å². The average molecular weight is 377 g/mol. The van der Waals surface area contributed by atoms with Crippen LogP contribution in [-0.4, -0.2) is 31.5 Å². The van der Waals surface area contributed by atoms with E-state index in [-0.39, 0.29) is 11.9 Å². The number of aryl methyl sites for hydroxylation is 1. The molecule has 0 spiro atoms. The Morgan fingerprint density at radius 3 is 3.04 bits per heavy atom. The quantitative estimate of drug-likeness (QED) is 0.586. The first-order valence-corrected chi connectivity index (χ1v) is 9.98. The van der Waals surface area contributed by atoms with E-state index >= 15 is 0 Å². The predicted molar refractivity (Wildman–Crippen MR) is 106 cm³/mol. The van der Waals surface area contributed by atoms with Crippen molar-refractivity contribution in [1.29, 1.82) is 0 Å². The summed E-state index contributed by atoms with van der Waals surface area (Å²) in [7, 11) is 0. The van der Waals surface area contributed by atoms with E-state index < -0.39 is 0 Å². The zero-order valence-electron chi connectivity index (χ0n) is 15.1. The summed E-state index contributed by atoms with van der Waals surface area (Å²) in [4.78, 5) is 22.0. The van der Waals surface area contributed by atoms with Crippen LogP contribution in [0.25, 0.3) is 27.1 Å². The molecule has 4 aromatic rings. The molecule has 0 unspecified atom stereocenters. The fourth-order valence-electron chi connectivity index (χ4n) is 3.50. The van der Waals surface area contributed by atoms with E-state index in [1.165, 1.54) is 12.8 Å². The Balaban J connectivity index is 1.61. The largest absolute Gasteiger partial charge is 0.349 e. The lowest BCUT2D eigenvalue weighted by Gasteiger charge is -2.12. The highest BCUT2D eigenvalue weighted by molar-refractivity contribution is 7.17. The van der Waals surface area contributed by atoms with Crippen LogP contribution in [0, 0.1) is 12.8 Å². The van der Waals surface area contributed by atoms with Crippen molar-refractivity contribution in [3.05, 3.63) is 47.2 Å². The van der Waals surface area contributed by atoms with E-state index in [1.54, 1.807) is 22.0 Å². The molecule has 1 aliphatic carbocycles. The number of aromatic nitrogens is 4. The van der Waals surface area contributed by atoms with Gasteiger partial charge in [-0.3, -0.25) is 4.79 Å². The minimum Gasteiger partial charge on any atom is -0.349 e. The molecule has 0 bridgehead atoms. The number of hydrogen-bond donors (Lipinski definition) is 1. The number of benzene rings is 1. The fourth-order valence-corrected chi connectivity index (χ4v) is 4.31. The molecule has 1 aromatic carbocycles. The van der Waals surface area contributed by atoms with Crippen LogP contribution in [0.2, 0.25) is 0 Å². The summed E-state index contributed by atoms with van der Waals surface area (Å²) in [5, 5.41) is 7.48. The Kier molecular flexibility index (Phi) is 3.72. The molecule has 1 aliphatic rings. The van der Waals surface area contributed by atoms with Crippen LogP contribution >= 0.6 is 11.3 Å². The minimum atomic E-state index is -0.107. The van der Waals surface area contributed by atoms with Gasteiger partial charge in [-0.25, -0.2) is 14.5 Å². The number of fused-ring (bicyclic) bond motifs is 2. The van der Waals surface area contributed by atoms with Gasteiger partial charge in [0.15, 0.2) is 5.65 Å². The second kappa shape index (κ2) is 6.13. The number of hydrogen-bond acceptors (Lipinski definition) is 5. The molecule has 27 heavy (non-hydrogen) atoms. The predicted octanol–water partition coefficient (Wildman–Crippen LogP) is 3.84. The first kappa shape index (κ1) is 16.4. The average Bonchev–Trinajstić information content (AvgIpc) is 3.24. The molecule has 1 fully saturated rings. The lowest BCUT2D eigenvalue weighted by molar-refractivity contribution is 0.0937. The molecule has 0 aliphatic heterocycles. The Morgan fingerprint density at radius 2 is 2.22 bits per heavy atom. The van der Waals surface area contributed by atoms with Crippen molar-refractivity contribution in [3.8, 4) is 11.3 Å². The van der Waals surface area contributed by atoms with Crippen molar-refractivity contribution < 1.29 is 4.79 Å². The highest BCUT2D eigenvalue weighted by atomic mass is 32.1. The van der Waals surface area contributed by atoms with E-state index in [0.29, 0.717) is 17.1 Å². The normalized spacial score (nSPS) is 15.3. The number of carbonyl (C=O) groups is 1. The highest BCUT2D eigenvalue weighted by Crippen LogP contribution is 2.33. The van der Waals surface area contributed by atoms with Gasteiger partial charge in [0, 0.05) is 17.3 Å². The third kappa shape index (κ3) is 2.78. The second-order valence-corrected chi connectivity index (χ2v) is 8.04. The summed E-state index contributed by atoms with van der Waals surface area (Å²) < 4.78 is 2.83. The Hall–Kier alpha value is -2.80. The molecule has 3 heterocycles. The highest BCUT2D eigenvalue weighted by Gasteiger charge is 2.30. The number of nitrogens with one attached hydrogen (secondary N) is 1. The van der Waals surface area contributed by atoms with Gasteiger partial charge in [-0.15, -0.1) is 11.3 Å². The molecule has 1 amide bonds. The van der Waals surface area contributed by atoms with Crippen molar-refractivity contribution in [2.45, 2.75) is 32.7 Å². The Morgan fingerprint density at radius 1 is 1.37 bits per heavy atom. The number of carbonyl (C=O) groups excluding carboxylic acids is 1. The summed E-state index contributed by atoms with van der Waals surface area (Å²) in [6, 6.07) is 8.22. The van der Waals surface area contributed by atoms with Gasteiger partial charge < -0.3 is 5.32 Å². The van der Waals surface area contributed by atoms with Crippen molar-refractivity contribution in [2.24, 2.45) is 5.92 Å². The van der Waals surface area contributed by atoms with Crippen LogP contribution in [0.15, 0.2) is 36.0 Å². The lowest BCUT2D eigenvalue weighted by atomic mass is 10.1. The van der Waals surface area contributed by atoms with Gasteiger partial charge in [-0.05, 0) is 44.7 Å². The standard InChI is InChI=1S/C20H19N5OS/c1-11-8-17(14-4-3-5-16-18(14)27-10-21-16)24-19-15(9-22-25(11)19)20(26)23-12(2)13-6-7-13/h3-5,8-10,12-13H,6-7H2,1-2H3,(H,23,26)/t12-/m0/s1. The maximum Gasteiger partial charge on any atom is 0.256 e. The smallest absolute Gasteiger partial charge is 0.256 e. The molecule has 6 nitrogen and oxygen atoms in total. The monoisotopic (exact) mass is 377 g/mol. The molecule has 1 N–H and O–H groups in total. The molecule has 5 rings (SSSR count). The van der Waals surface area contributed by atoms with Crippen LogP contribution < -0.4 is 5.32 Å². The van der Waals surface area contributed by atoms with E-state index in [1.807, 2.05) is 36.7 Å². The van der Waals surface area contributed by atoms with Crippen molar-refractivity contribution >= 4 is 33.1 Å². The third-order valence-corrected chi connectivity index (χ3v) is 6.09. The maximum absolute atomic E-state index is 12.8. The number of thiazole rings is 1. The molecule has 0 saturated heterocycles. The van der Waals surface area contributed by atoms with Gasteiger partial charge in [0.25, 0.3) is 5.91 Å². The van der Waals surface area contributed by atoms with Crippen LogP contribution in [0.3, 0.4) is 0 Å². The van der Waals surface area contributed by atoms with Crippen LogP contribution in [0.1, 0.15) is 35.8 Å². The molecule has 0 radical (unpaired) electrons. The summed E-state index contributed by atoms with van der Waals surface area (Å²) in [5.41, 5.74) is 6.71. The molecule has 1 atom stereocenters. The second-order valence-electron chi connectivity index (χ2n) is 7.18. The van der Waals surface area contributed by atoms with Crippen molar-refractivity contribution in [2.75, 3.05) is 0 Å². The van der Waals surface area contributed by atoms with E-state index in [9.17, 15) is 4.79 Å². The molecule has 136 valence electrons. The SMILES string of the molecule is Cc1cc(-c2cccc3ncsc23)nc2c(C(=O)N[C@@H](C)C3CC3)cnn12. The summed E-state index contributed by atoms with van der Waals surface area (Å²) in [6.45, 7) is 4.04. The molecular weight excluding hydrogens is 358 g/mol. The topological polar surface area (TPSA) is 72.2 Å². The first-order valence-electron chi connectivity index (χ1n) is 9.10. The van der Waals surface area contributed by atoms with E-state index in [4.69, 9.17) is 4.98 Å². The number of rotatable bonds is 4. The summed E-state index contributed by atoms with van der Waals surface area (Å²) in [6.07, 6.45) is 3.99.